The van der Waals surface area contributed by atoms with E-state index < -0.39 is 0 Å². The van der Waals surface area contributed by atoms with Crippen LogP contribution in [0, 0.1) is 5.82 Å². The Balaban J connectivity index is 1.62. The zero-order chi connectivity index (χ0) is 17.6. The van der Waals surface area contributed by atoms with Crippen LogP contribution in [0.1, 0.15) is 41.2 Å². The fourth-order valence-corrected chi connectivity index (χ4v) is 4.83. The first-order chi connectivity index (χ1) is 12.0. The van der Waals surface area contributed by atoms with Crippen LogP contribution >= 0.6 is 11.3 Å². The summed E-state index contributed by atoms with van der Waals surface area (Å²) in [7, 11) is 1.91. The fourth-order valence-electron chi connectivity index (χ4n) is 3.55. The quantitative estimate of drug-likeness (QED) is 0.772. The van der Waals surface area contributed by atoms with Gasteiger partial charge in [-0.1, -0.05) is 18.2 Å². The van der Waals surface area contributed by atoms with Gasteiger partial charge in [0.1, 0.15) is 16.5 Å². The van der Waals surface area contributed by atoms with Crippen molar-refractivity contribution in [2.45, 2.75) is 38.8 Å². The highest BCUT2D eigenvalue weighted by Crippen LogP contribution is 2.34. The van der Waals surface area contributed by atoms with Crippen molar-refractivity contribution in [3.8, 4) is 0 Å². The monoisotopic (exact) mass is 357 g/mol. The van der Waals surface area contributed by atoms with Gasteiger partial charge in [-0.05, 0) is 44.9 Å². The van der Waals surface area contributed by atoms with Gasteiger partial charge in [-0.25, -0.2) is 9.37 Å². The molecule has 4 rings (SSSR count). The fraction of sp³-hybridized carbons (Fsp3) is 0.368. The summed E-state index contributed by atoms with van der Waals surface area (Å²) in [5, 5.41) is 0.769. The average Bonchev–Trinajstić information content (AvgIpc) is 3.15. The number of nitrogens with zero attached hydrogens (tertiary/aromatic N) is 2. The maximum atomic E-state index is 14.0. The van der Waals surface area contributed by atoms with E-state index in [2.05, 4.69) is 9.97 Å². The Hall–Kier alpha value is -2.05. The lowest BCUT2D eigenvalue weighted by Crippen LogP contribution is -2.25. The van der Waals surface area contributed by atoms with Crippen molar-refractivity contribution < 1.29 is 4.39 Å². The van der Waals surface area contributed by atoms with Crippen LogP contribution in [-0.2, 0) is 19.4 Å². The Kier molecular flexibility index (Phi) is 4.17. The lowest BCUT2D eigenvalue weighted by Gasteiger charge is -2.24. The van der Waals surface area contributed by atoms with Gasteiger partial charge in [0, 0.05) is 16.5 Å². The lowest BCUT2D eigenvalue weighted by atomic mass is 10.1. The summed E-state index contributed by atoms with van der Waals surface area (Å²) in [6.07, 6.45) is 3.15. The number of aryl methyl sites for hydroxylation is 2. The van der Waals surface area contributed by atoms with Crippen LogP contribution in [0.15, 0.2) is 29.1 Å². The number of hydrogen-bond donors (Lipinski definition) is 1. The third-order valence-corrected chi connectivity index (χ3v) is 6.23. The highest BCUT2D eigenvalue weighted by molar-refractivity contribution is 7.18. The van der Waals surface area contributed by atoms with E-state index >= 15 is 0 Å². The number of hydrogen-bond acceptors (Lipinski definition) is 4. The average molecular weight is 357 g/mol. The third-order valence-electron chi connectivity index (χ3n) is 5.04. The molecule has 0 bridgehead atoms. The molecule has 4 nitrogen and oxygen atoms in total. The summed E-state index contributed by atoms with van der Waals surface area (Å²) in [6.45, 7) is 2.41. The number of aromatic amines is 1. The molecule has 130 valence electrons. The Morgan fingerprint density at radius 3 is 2.96 bits per heavy atom. The van der Waals surface area contributed by atoms with Crippen LogP contribution in [0.3, 0.4) is 0 Å². The molecule has 1 aromatic carbocycles. The molecule has 0 spiro atoms. The molecule has 0 saturated carbocycles. The first kappa shape index (κ1) is 16.4. The molecule has 0 fully saturated rings. The minimum Gasteiger partial charge on any atom is -0.309 e. The van der Waals surface area contributed by atoms with Gasteiger partial charge in [0.05, 0.1) is 11.9 Å². The number of halogens is 1. The highest BCUT2D eigenvalue weighted by Gasteiger charge is 2.22. The smallest absolute Gasteiger partial charge is 0.259 e. The Morgan fingerprint density at radius 2 is 2.16 bits per heavy atom. The van der Waals surface area contributed by atoms with Crippen molar-refractivity contribution in [3.63, 3.8) is 0 Å². The first-order valence-corrected chi connectivity index (χ1v) is 9.34. The number of rotatable bonds is 4. The van der Waals surface area contributed by atoms with E-state index in [9.17, 15) is 9.18 Å². The van der Waals surface area contributed by atoms with Gasteiger partial charge in [-0.15, -0.1) is 11.3 Å². The van der Waals surface area contributed by atoms with E-state index in [1.807, 2.05) is 24.9 Å². The molecule has 0 amide bonds. The second kappa shape index (κ2) is 6.35. The van der Waals surface area contributed by atoms with Gasteiger partial charge in [-0.2, -0.15) is 0 Å². The highest BCUT2D eigenvalue weighted by atomic mass is 32.1. The second-order valence-corrected chi connectivity index (χ2v) is 7.75. The number of aromatic nitrogens is 2. The molecule has 1 atom stereocenters. The topological polar surface area (TPSA) is 49.0 Å². The van der Waals surface area contributed by atoms with Crippen molar-refractivity contribution in [1.29, 1.82) is 0 Å². The van der Waals surface area contributed by atoms with Gasteiger partial charge in [0.25, 0.3) is 5.56 Å². The van der Waals surface area contributed by atoms with Crippen LogP contribution < -0.4 is 5.56 Å². The van der Waals surface area contributed by atoms with E-state index in [-0.39, 0.29) is 17.4 Å². The molecule has 1 aliphatic carbocycles. The molecule has 2 heterocycles. The van der Waals surface area contributed by atoms with Gasteiger partial charge < -0.3 is 4.98 Å². The van der Waals surface area contributed by atoms with Crippen LogP contribution in [0.4, 0.5) is 4.39 Å². The minimum absolute atomic E-state index is 0.0497. The summed E-state index contributed by atoms with van der Waals surface area (Å²) < 4.78 is 14.0. The van der Waals surface area contributed by atoms with Crippen molar-refractivity contribution in [1.82, 2.24) is 14.9 Å². The predicted octanol–water partition coefficient (Wildman–Crippen LogP) is 3.81. The first-order valence-electron chi connectivity index (χ1n) is 8.52. The molecule has 1 aliphatic rings. The lowest BCUT2D eigenvalue weighted by molar-refractivity contribution is 0.242. The maximum Gasteiger partial charge on any atom is 0.259 e. The van der Waals surface area contributed by atoms with E-state index in [1.165, 1.54) is 16.5 Å². The normalized spacial score (nSPS) is 15.0. The molecule has 6 heteroatoms. The summed E-state index contributed by atoms with van der Waals surface area (Å²) >= 11 is 1.64. The number of thiophene rings is 1. The van der Waals surface area contributed by atoms with Gasteiger partial charge in [0.2, 0.25) is 0 Å². The third kappa shape index (κ3) is 2.89. The molecule has 0 saturated heterocycles. The van der Waals surface area contributed by atoms with E-state index in [0.29, 0.717) is 17.9 Å². The summed E-state index contributed by atoms with van der Waals surface area (Å²) in [4.78, 5) is 24.2. The zero-order valence-electron chi connectivity index (χ0n) is 14.3. The molecule has 0 radical (unpaired) electrons. The largest absolute Gasteiger partial charge is 0.309 e. The number of H-pyrrole nitrogens is 1. The molecule has 2 aromatic heterocycles. The van der Waals surface area contributed by atoms with E-state index in [4.69, 9.17) is 0 Å². The zero-order valence-corrected chi connectivity index (χ0v) is 15.1. The number of fused-ring (bicyclic) bond motifs is 3. The van der Waals surface area contributed by atoms with Crippen molar-refractivity contribution in [2.24, 2.45) is 0 Å². The molecule has 1 N–H and O–H groups in total. The van der Waals surface area contributed by atoms with E-state index in [1.54, 1.807) is 23.5 Å². The summed E-state index contributed by atoms with van der Waals surface area (Å²) in [5.41, 5.74) is 1.78. The van der Waals surface area contributed by atoms with Crippen molar-refractivity contribution in [2.75, 3.05) is 7.05 Å². The molecular formula is C19H20FN3OS. The van der Waals surface area contributed by atoms with Crippen LogP contribution in [0.5, 0.6) is 0 Å². The SMILES string of the molecule is CC(c1ccccc1F)N(C)Cc1nc2sc3c(c2c(=O)[nH]1)CCC3. The minimum atomic E-state index is -0.214. The molecule has 3 aromatic rings. The Bertz CT molecular complexity index is 994. The van der Waals surface area contributed by atoms with Gasteiger partial charge >= 0.3 is 0 Å². The molecule has 25 heavy (non-hydrogen) atoms. The van der Waals surface area contributed by atoms with Crippen molar-refractivity contribution in [3.05, 3.63) is 62.3 Å². The molecular weight excluding hydrogens is 337 g/mol. The van der Waals surface area contributed by atoms with Crippen LogP contribution in [0.2, 0.25) is 0 Å². The van der Waals surface area contributed by atoms with Gasteiger partial charge in [0.15, 0.2) is 0 Å². The number of nitrogens with one attached hydrogen (secondary N) is 1. The van der Waals surface area contributed by atoms with E-state index in [0.717, 1.165) is 29.5 Å². The standard InChI is InChI=1S/C19H20FN3OS/c1-11(12-6-3-4-8-14(12)20)23(2)10-16-21-18(24)17-13-7-5-9-15(13)25-19(17)22-16/h3-4,6,8,11H,5,7,9-10H2,1-2H3,(H,21,22,24). The Labute approximate surface area is 149 Å². The number of benzene rings is 1. The maximum absolute atomic E-state index is 14.0. The summed E-state index contributed by atoms with van der Waals surface area (Å²) in [5.74, 6) is 0.413. The summed E-state index contributed by atoms with van der Waals surface area (Å²) in [6, 6.07) is 6.67. The molecule has 1 unspecified atom stereocenters. The molecule has 0 aliphatic heterocycles. The van der Waals surface area contributed by atoms with Crippen LogP contribution in [0.25, 0.3) is 10.2 Å². The Morgan fingerprint density at radius 1 is 1.36 bits per heavy atom. The second-order valence-electron chi connectivity index (χ2n) is 6.66. The van der Waals surface area contributed by atoms with Crippen molar-refractivity contribution >= 4 is 21.6 Å². The predicted molar refractivity (Wildman–Crippen MR) is 98.5 cm³/mol. The van der Waals surface area contributed by atoms with Gasteiger partial charge in [-0.3, -0.25) is 9.69 Å². The van der Waals surface area contributed by atoms with Crippen LogP contribution in [-0.4, -0.2) is 21.9 Å².